The lowest BCUT2D eigenvalue weighted by Gasteiger charge is -2.12. The normalized spacial score (nSPS) is 12.2. The first-order chi connectivity index (χ1) is 7.58. The molecule has 16 heavy (non-hydrogen) atoms. The Bertz CT molecular complexity index is 379. The number of likely N-dealkylation sites (N-methyl/N-ethyl adjacent to an activating group) is 1. The van der Waals surface area contributed by atoms with Crippen LogP contribution in [0.15, 0.2) is 6.20 Å². The second kappa shape index (κ2) is 5.41. The number of nitrogens with zero attached hydrogens (tertiary/aromatic N) is 2. The van der Waals surface area contributed by atoms with E-state index in [0.717, 1.165) is 0 Å². The maximum Gasteiger partial charge on any atom is 0.252 e. The molecule has 0 aliphatic carbocycles. The van der Waals surface area contributed by atoms with Crippen molar-refractivity contribution < 1.29 is 4.79 Å². The largest absolute Gasteiger partial charge is 0.365 e. The lowest BCUT2D eigenvalue weighted by molar-refractivity contribution is 0.0998. The van der Waals surface area contributed by atoms with Gasteiger partial charge in [0.1, 0.15) is 0 Å². The van der Waals surface area contributed by atoms with Gasteiger partial charge in [-0.15, -0.1) is 0 Å². The van der Waals surface area contributed by atoms with Crippen molar-refractivity contribution in [2.75, 3.05) is 19.4 Å². The topological polar surface area (TPSA) is 92.9 Å². The average Bonchev–Trinajstić information content (AvgIpc) is 2.28. The predicted octanol–water partition coefficient (Wildman–Crippen LogP) is -0.232. The van der Waals surface area contributed by atoms with Crippen LogP contribution in [0.4, 0.5) is 5.95 Å². The molecule has 0 saturated carbocycles. The Kier molecular flexibility index (Phi) is 4.19. The second-order valence-corrected chi connectivity index (χ2v) is 3.56. The second-order valence-electron chi connectivity index (χ2n) is 3.56. The van der Waals surface area contributed by atoms with E-state index >= 15 is 0 Å². The van der Waals surface area contributed by atoms with Crippen LogP contribution in [-0.2, 0) is 6.42 Å². The third kappa shape index (κ3) is 2.90. The molecule has 0 fully saturated rings. The first-order valence-corrected chi connectivity index (χ1v) is 5.09. The Morgan fingerprint density at radius 1 is 1.56 bits per heavy atom. The zero-order chi connectivity index (χ0) is 12.1. The number of carbonyl (C=O) groups is 1. The Labute approximate surface area is 94.7 Å². The third-order valence-electron chi connectivity index (χ3n) is 2.35. The van der Waals surface area contributed by atoms with Crippen molar-refractivity contribution in [3.05, 3.63) is 17.5 Å². The summed E-state index contributed by atoms with van der Waals surface area (Å²) in [6.07, 6.45) is 2.09. The van der Waals surface area contributed by atoms with Gasteiger partial charge in [0.15, 0.2) is 0 Å². The molecule has 1 atom stereocenters. The van der Waals surface area contributed by atoms with E-state index in [1.165, 1.54) is 6.20 Å². The molecule has 88 valence electrons. The molecule has 0 spiro atoms. The Morgan fingerprint density at radius 2 is 2.25 bits per heavy atom. The van der Waals surface area contributed by atoms with Gasteiger partial charge in [0.25, 0.3) is 5.91 Å². The highest BCUT2D eigenvalue weighted by Gasteiger charge is 2.13. The van der Waals surface area contributed by atoms with Gasteiger partial charge in [-0.3, -0.25) is 4.79 Å². The SMILES string of the molecule is CNc1ncc(C(N)=O)c(CC(C)NC)n1. The minimum Gasteiger partial charge on any atom is -0.365 e. The van der Waals surface area contributed by atoms with E-state index in [1.54, 1.807) is 7.05 Å². The molecule has 0 aromatic carbocycles. The average molecular weight is 223 g/mol. The summed E-state index contributed by atoms with van der Waals surface area (Å²) in [7, 11) is 3.58. The summed E-state index contributed by atoms with van der Waals surface area (Å²) < 4.78 is 0. The highest BCUT2D eigenvalue weighted by molar-refractivity contribution is 5.93. The van der Waals surface area contributed by atoms with Gasteiger partial charge >= 0.3 is 0 Å². The van der Waals surface area contributed by atoms with Crippen LogP contribution in [0.5, 0.6) is 0 Å². The molecule has 1 aromatic heterocycles. The summed E-state index contributed by atoms with van der Waals surface area (Å²) in [4.78, 5) is 19.4. The maximum atomic E-state index is 11.2. The summed E-state index contributed by atoms with van der Waals surface area (Å²) in [5, 5.41) is 5.91. The molecule has 4 N–H and O–H groups in total. The number of anilines is 1. The fourth-order valence-corrected chi connectivity index (χ4v) is 1.29. The van der Waals surface area contributed by atoms with E-state index in [-0.39, 0.29) is 6.04 Å². The molecular formula is C10H17N5O. The molecule has 1 aromatic rings. The van der Waals surface area contributed by atoms with Gasteiger partial charge < -0.3 is 16.4 Å². The van der Waals surface area contributed by atoms with Crippen LogP contribution in [-0.4, -0.2) is 36.0 Å². The van der Waals surface area contributed by atoms with Crippen LogP contribution in [0.1, 0.15) is 23.0 Å². The molecule has 1 rings (SSSR count). The van der Waals surface area contributed by atoms with Gasteiger partial charge in [-0.25, -0.2) is 9.97 Å². The Balaban J connectivity index is 3.05. The molecule has 6 heteroatoms. The van der Waals surface area contributed by atoms with Gasteiger partial charge in [0.05, 0.1) is 11.3 Å². The van der Waals surface area contributed by atoms with E-state index in [1.807, 2.05) is 14.0 Å². The van der Waals surface area contributed by atoms with Gasteiger partial charge in [0, 0.05) is 25.7 Å². The predicted molar refractivity (Wildman–Crippen MR) is 62.3 cm³/mol. The Morgan fingerprint density at radius 3 is 2.75 bits per heavy atom. The van der Waals surface area contributed by atoms with Gasteiger partial charge in [-0.05, 0) is 14.0 Å². The van der Waals surface area contributed by atoms with Gasteiger partial charge in [0.2, 0.25) is 5.95 Å². The first-order valence-electron chi connectivity index (χ1n) is 5.09. The highest BCUT2D eigenvalue weighted by Crippen LogP contribution is 2.09. The van der Waals surface area contributed by atoms with Crippen molar-refractivity contribution >= 4 is 11.9 Å². The number of primary amides is 1. The van der Waals surface area contributed by atoms with Crippen molar-refractivity contribution in [3.63, 3.8) is 0 Å². The number of hydrogen-bond acceptors (Lipinski definition) is 5. The molecule has 1 heterocycles. The van der Waals surface area contributed by atoms with Crippen molar-refractivity contribution in [3.8, 4) is 0 Å². The monoisotopic (exact) mass is 223 g/mol. The van der Waals surface area contributed by atoms with E-state index in [0.29, 0.717) is 23.6 Å². The molecule has 0 saturated heterocycles. The summed E-state index contributed by atoms with van der Waals surface area (Å²) in [5.74, 6) is -0.00995. The van der Waals surface area contributed by atoms with Gasteiger partial charge in [-0.1, -0.05) is 0 Å². The standard InChI is InChI=1S/C10H17N5O/c1-6(12-2)4-8-7(9(11)16)5-14-10(13-3)15-8/h5-6,12H,4H2,1-3H3,(H2,11,16)(H,13,14,15). The molecule has 0 aliphatic heterocycles. The van der Waals surface area contributed by atoms with Crippen LogP contribution >= 0.6 is 0 Å². The zero-order valence-electron chi connectivity index (χ0n) is 9.74. The fourth-order valence-electron chi connectivity index (χ4n) is 1.29. The van der Waals surface area contributed by atoms with E-state index < -0.39 is 5.91 Å². The lowest BCUT2D eigenvalue weighted by atomic mass is 10.1. The molecular weight excluding hydrogens is 206 g/mol. The minimum atomic E-state index is -0.499. The summed E-state index contributed by atoms with van der Waals surface area (Å²) in [6, 6.07) is 0.220. The number of amides is 1. The number of nitrogens with two attached hydrogens (primary N) is 1. The van der Waals surface area contributed by atoms with E-state index in [2.05, 4.69) is 20.6 Å². The maximum absolute atomic E-state index is 11.2. The zero-order valence-corrected chi connectivity index (χ0v) is 9.74. The van der Waals surface area contributed by atoms with Gasteiger partial charge in [-0.2, -0.15) is 0 Å². The smallest absolute Gasteiger partial charge is 0.252 e. The number of nitrogens with one attached hydrogen (secondary N) is 2. The van der Waals surface area contributed by atoms with Crippen LogP contribution in [0.2, 0.25) is 0 Å². The molecule has 0 radical (unpaired) electrons. The molecule has 0 bridgehead atoms. The van der Waals surface area contributed by atoms with Crippen LogP contribution in [0.3, 0.4) is 0 Å². The highest BCUT2D eigenvalue weighted by atomic mass is 16.1. The number of carbonyl (C=O) groups excluding carboxylic acids is 1. The lowest BCUT2D eigenvalue weighted by Crippen LogP contribution is -2.26. The number of hydrogen-bond donors (Lipinski definition) is 3. The minimum absolute atomic E-state index is 0.220. The quantitative estimate of drug-likeness (QED) is 0.641. The first kappa shape index (κ1) is 12.4. The van der Waals surface area contributed by atoms with Crippen LogP contribution < -0.4 is 16.4 Å². The number of rotatable bonds is 5. The summed E-state index contributed by atoms with van der Waals surface area (Å²) in [6.45, 7) is 2.01. The van der Waals surface area contributed by atoms with Crippen molar-refractivity contribution in [1.82, 2.24) is 15.3 Å². The molecule has 1 amide bonds. The molecule has 6 nitrogen and oxygen atoms in total. The van der Waals surface area contributed by atoms with Crippen molar-refractivity contribution in [2.24, 2.45) is 5.73 Å². The third-order valence-corrected chi connectivity index (χ3v) is 2.35. The van der Waals surface area contributed by atoms with Crippen LogP contribution in [0, 0.1) is 0 Å². The van der Waals surface area contributed by atoms with Crippen LogP contribution in [0.25, 0.3) is 0 Å². The Hall–Kier alpha value is -1.69. The fraction of sp³-hybridized carbons (Fsp3) is 0.500. The van der Waals surface area contributed by atoms with E-state index in [4.69, 9.17) is 5.73 Å². The summed E-state index contributed by atoms with van der Waals surface area (Å²) in [5.41, 5.74) is 6.30. The van der Waals surface area contributed by atoms with Crippen molar-refractivity contribution in [1.29, 1.82) is 0 Å². The number of aromatic nitrogens is 2. The summed E-state index contributed by atoms with van der Waals surface area (Å²) >= 11 is 0. The van der Waals surface area contributed by atoms with E-state index in [9.17, 15) is 4.79 Å². The molecule has 1 unspecified atom stereocenters. The molecule has 0 aliphatic rings. The van der Waals surface area contributed by atoms with Crippen molar-refractivity contribution in [2.45, 2.75) is 19.4 Å².